The number of benzene rings is 1. The molecular weight excluding hydrogens is 737 g/mol. The summed E-state index contributed by atoms with van der Waals surface area (Å²) in [6.07, 6.45) is 2.74. The molecule has 1 unspecified atom stereocenters. The molecule has 0 radical (unpaired) electrons. The van der Waals surface area contributed by atoms with Gasteiger partial charge in [-0.25, -0.2) is 14.0 Å². The Labute approximate surface area is 331 Å². The van der Waals surface area contributed by atoms with Crippen LogP contribution in [0.25, 0.3) is 22.4 Å². The molecule has 4 amide bonds. The third-order valence-corrected chi connectivity index (χ3v) is 12.8. The first-order chi connectivity index (χ1) is 26.3. The zero-order valence-electron chi connectivity index (χ0n) is 33.9. The fourth-order valence-electron chi connectivity index (χ4n) is 7.66. The molecule has 3 aromatic rings. The Kier molecular flexibility index (Phi) is 11.3. The molecule has 6 atom stereocenters. The van der Waals surface area contributed by atoms with Gasteiger partial charge in [-0.05, 0) is 64.7 Å². The average molecular weight is 793 g/mol. The van der Waals surface area contributed by atoms with Gasteiger partial charge < -0.3 is 29.5 Å². The molecule has 3 N–H and O–H groups in total. The van der Waals surface area contributed by atoms with E-state index in [0.717, 1.165) is 31.2 Å². The monoisotopic (exact) mass is 792 g/mol. The third-order valence-electron chi connectivity index (χ3n) is 11.0. The van der Waals surface area contributed by atoms with Crippen molar-refractivity contribution in [2.75, 3.05) is 6.54 Å². The minimum Gasteiger partial charge on any atom is -0.484 e. The van der Waals surface area contributed by atoms with Gasteiger partial charge in [0.25, 0.3) is 5.91 Å². The lowest BCUT2D eigenvalue weighted by Gasteiger charge is -2.36. The van der Waals surface area contributed by atoms with Crippen molar-refractivity contribution in [3.05, 3.63) is 42.1 Å². The van der Waals surface area contributed by atoms with Crippen molar-refractivity contribution >= 4 is 45.9 Å². The second kappa shape index (κ2) is 15.4. The Hall–Kier alpha value is -4.53. The maximum Gasteiger partial charge on any atom is 0.408 e. The van der Waals surface area contributed by atoms with E-state index in [1.165, 1.54) is 4.90 Å². The van der Waals surface area contributed by atoms with Gasteiger partial charge in [-0.1, -0.05) is 82.9 Å². The average Bonchev–Trinajstić information content (AvgIpc) is 3.98. The number of alkyl carbamates (subject to hydrolysis) is 1. The summed E-state index contributed by atoms with van der Waals surface area (Å²) in [4.78, 5) is 62.4. The molecule has 2 aliphatic carbocycles. The molecule has 3 heterocycles. The largest absolute Gasteiger partial charge is 0.484 e. The minimum absolute atomic E-state index is 0.0168. The summed E-state index contributed by atoms with van der Waals surface area (Å²) in [5, 5.41) is 9.90. The van der Waals surface area contributed by atoms with E-state index in [0.29, 0.717) is 41.1 Å². The number of hydrogen-bond donors (Lipinski definition) is 3. The fraction of sp³-hybridized carbons (Fsp3) is 0.610. The van der Waals surface area contributed by atoms with Gasteiger partial charge in [0, 0.05) is 18.1 Å². The molecule has 1 aliphatic heterocycles. The van der Waals surface area contributed by atoms with Crippen LogP contribution in [0.2, 0.25) is 0 Å². The lowest BCUT2D eigenvalue weighted by atomic mass is 9.85. The van der Waals surface area contributed by atoms with Crippen molar-refractivity contribution in [3.8, 4) is 17.0 Å². The van der Waals surface area contributed by atoms with E-state index in [9.17, 15) is 23.4 Å². The van der Waals surface area contributed by atoms with Gasteiger partial charge >= 0.3 is 6.09 Å². The van der Waals surface area contributed by atoms with E-state index >= 15 is 0 Å². The molecule has 3 aliphatic rings. The van der Waals surface area contributed by atoms with Crippen LogP contribution in [0.3, 0.4) is 0 Å². The third kappa shape index (κ3) is 8.57. The zero-order chi connectivity index (χ0) is 40.8. The van der Waals surface area contributed by atoms with Crippen LogP contribution in [0.4, 0.5) is 4.79 Å². The molecule has 6 rings (SSSR count). The smallest absolute Gasteiger partial charge is 0.408 e. The second-order valence-corrected chi connectivity index (χ2v) is 19.3. The Bertz CT molecular complexity index is 2000. The molecule has 2 aromatic heterocycles. The Balaban J connectivity index is 1.31. The van der Waals surface area contributed by atoms with Crippen molar-refractivity contribution < 1.29 is 37.4 Å². The van der Waals surface area contributed by atoms with E-state index < -0.39 is 74.3 Å². The molecule has 0 bridgehead atoms. The van der Waals surface area contributed by atoms with Crippen LogP contribution in [0.15, 0.2) is 40.9 Å². The summed E-state index contributed by atoms with van der Waals surface area (Å²) >= 11 is 0. The summed E-state index contributed by atoms with van der Waals surface area (Å²) in [6, 6.07) is 9.18. The highest BCUT2D eigenvalue weighted by Gasteiger charge is 2.62. The van der Waals surface area contributed by atoms with Gasteiger partial charge in [-0.3, -0.25) is 19.1 Å². The van der Waals surface area contributed by atoms with Gasteiger partial charge in [0.2, 0.25) is 17.4 Å². The number of hydrogen-bond acceptors (Lipinski definition) is 10. The number of nitrogens with one attached hydrogen (secondary N) is 3. The standard InChI is InChI=1S/C41H56N6O8S/c1-10-17-40(18-19-40)56(52)46-36(50)41(22-26(41)11-2)44-34(48)29-20-27(23-47(29)35(49)33(38(4,5)6)43-37(51)54-39(7,8)9)53-30-21-28(25-15-13-12-14-16-25)42-31-24(3)45-55-32(30)31/h12-16,21,26-27,29,33H,10-11,17-20,22-23H2,1-9H3,(H,43,51)(H,44,48)(H,46,50)/t26-,27-,29+,33-,41-,56?/m1/s1. The molecule has 0 spiro atoms. The Morgan fingerprint density at radius 3 is 2.36 bits per heavy atom. The Morgan fingerprint density at radius 1 is 1.07 bits per heavy atom. The number of rotatable bonds is 13. The summed E-state index contributed by atoms with van der Waals surface area (Å²) in [5.74, 6) is -1.35. The lowest BCUT2D eigenvalue weighted by molar-refractivity contribution is -0.143. The summed E-state index contributed by atoms with van der Waals surface area (Å²) in [6.45, 7) is 16.4. The van der Waals surface area contributed by atoms with Gasteiger partial charge in [-0.15, -0.1) is 0 Å². The van der Waals surface area contributed by atoms with Crippen LogP contribution in [0.5, 0.6) is 5.75 Å². The zero-order valence-corrected chi connectivity index (χ0v) is 34.8. The van der Waals surface area contributed by atoms with E-state index in [1.54, 1.807) is 33.8 Å². The number of fused-ring (bicyclic) bond motifs is 1. The van der Waals surface area contributed by atoms with Gasteiger partial charge in [0.15, 0.2) is 5.75 Å². The van der Waals surface area contributed by atoms with E-state index in [-0.39, 0.29) is 18.9 Å². The molecule has 14 nitrogen and oxygen atoms in total. The normalized spacial score (nSPS) is 23.9. The predicted molar refractivity (Wildman–Crippen MR) is 212 cm³/mol. The maximum absolute atomic E-state index is 14.7. The summed E-state index contributed by atoms with van der Waals surface area (Å²) in [7, 11) is -1.59. The van der Waals surface area contributed by atoms with Crippen molar-refractivity contribution in [3.63, 3.8) is 0 Å². The topological polar surface area (TPSA) is 182 Å². The number of pyridine rings is 1. The van der Waals surface area contributed by atoms with Gasteiger partial charge in [-0.2, -0.15) is 0 Å². The molecule has 3 fully saturated rings. The van der Waals surface area contributed by atoms with Crippen molar-refractivity contribution in [2.24, 2.45) is 11.3 Å². The number of nitrogens with zero attached hydrogens (tertiary/aromatic N) is 3. The quantitative estimate of drug-likeness (QED) is 0.189. The molecule has 1 aromatic carbocycles. The minimum atomic E-state index is -1.59. The van der Waals surface area contributed by atoms with E-state index in [1.807, 2.05) is 65.0 Å². The molecule has 1 saturated heterocycles. The number of aromatic nitrogens is 2. The molecule has 304 valence electrons. The van der Waals surface area contributed by atoms with Crippen molar-refractivity contribution in [2.45, 2.75) is 141 Å². The van der Waals surface area contributed by atoms with Crippen LogP contribution >= 0.6 is 0 Å². The van der Waals surface area contributed by atoms with Crippen molar-refractivity contribution in [1.82, 2.24) is 30.4 Å². The van der Waals surface area contributed by atoms with Gasteiger partial charge in [0.05, 0.1) is 17.0 Å². The van der Waals surface area contributed by atoms with Crippen molar-refractivity contribution in [1.29, 1.82) is 0 Å². The van der Waals surface area contributed by atoms with Crippen LogP contribution in [-0.2, 0) is 30.1 Å². The SMILES string of the molecule is CCCC1(S(=O)NC(=O)[C@@]2(NC(=O)[C@@H]3C[C@@H](Oc4cc(-c5ccccc5)nc5c(C)noc45)CN3C(=O)[C@@H](NC(=O)OC(C)(C)C)C(C)(C)C)C[C@H]2CC)CC1. The van der Waals surface area contributed by atoms with Crippen LogP contribution < -0.4 is 20.1 Å². The first-order valence-electron chi connectivity index (χ1n) is 19.6. The Morgan fingerprint density at radius 2 is 1.77 bits per heavy atom. The van der Waals surface area contributed by atoms with Crippen LogP contribution in [0, 0.1) is 18.3 Å². The summed E-state index contributed by atoms with van der Waals surface area (Å²) < 4.78 is 33.5. The van der Waals surface area contributed by atoms with E-state index in [4.69, 9.17) is 19.0 Å². The predicted octanol–water partition coefficient (Wildman–Crippen LogP) is 5.88. The molecule has 15 heteroatoms. The molecule has 56 heavy (non-hydrogen) atoms. The fourth-order valence-corrected chi connectivity index (χ4v) is 9.09. The number of ether oxygens (including phenoxy) is 2. The number of carbonyl (C=O) groups is 4. The summed E-state index contributed by atoms with van der Waals surface area (Å²) in [5.41, 5.74) is 0.0317. The molecular formula is C41H56N6O8S. The highest BCUT2D eigenvalue weighted by molar-refractivity contribution is 7.85. The lowest BCUT2D eigenvalue weighted by Crippen LogP contribution is -2.60. The second-order valence-electron chi connectivity index (χ2n) is 17.6. The number of aryl methyl sites for hydroxylation is 1. The van der Waals surface area contributed by atoms with Crippen LogP contribution in [-0.4, -0.2) is 83.7 Å². The molecule has 2 saturated carbocycles. The first-order valence-corrected chi connectivity index (χ1v) is 20.8. The highest BCUT2D eigenvalue weighted by atomic mass is 32.2. The van der Waals surface area contributed by atoms with Gasteiger partial charge in [0.1, 0.15) is 51.5 Å². The highest BCUT2D eigenvalue weighted by Crippen LogP contribution is 2.49. The van der Waals surface area contributed by atoms with E-state index in [2.05, 4.69) is 20.5 Å². The number of carbonyl (C=O) groups excluding carboxylic acids is 4. The maximum atomic E-state index is 14.7. The van der Waals surface area contributed by atoms with Crippen LogP contribution in [0.1, 0.15) is 106 Å². The number of likely N-dealkylation sites (tertiary alicyclic amines) is 1. The number of amides is 4. The first kappa shape index (κ1) is 41.1.